The molecule has 3 atom stereocenters. The smallest absolute Gasteiger partial charge is 0.394 e. The van der Waals surface area contributed by atoms with Gasteiger partial charge in [-0.2, -0.15) is 0 Å². The van der Waals surface area contributed by atoms with Crippen molar-refractivity contribution in [2.24, 2.45) is 11.8 Å². The van der Waals surface area contributed by atoms with E-state index in [9.17, 15) is 28.8 Å². The molecule has 0 aromatic carbocycles. The quantitative estimate of drug-likeness (QED) is 0.153. The van der Waals surface area contributed by atoms with E-state index >= 15 is 0 Å². The van der Waals surface area contributed by atoms with Gasteiger partial charge in [0.05, 0.1) is 19.2 Å². The lowest BCUT2D eigenvalue weighted by atomic mass is 9.81. The number of likely N-dealkylation sites (tertiary alicyclic amines) is 1. The van der Waals surface area contributed by atoms with E-state index < -0.39 is 7.23 Å². The molecule has 0 bridgehead atoms. The maximum atomic E-state index is 12.5. The van der Waals surface area contributed by atoms with Gasteiger partial charge in [-0.1, -0.05) is 6.42 Å². The van der Waals surface area contributed by atoms with Crippen molar-refractivity contribution in [2.75, 3.05) is 26.2 Å². The van der Waals surface area contributed by atoms with Crippen LogP contribution in [0.25, 0.3) is 0 Å². The van der Waals surface area contributed by atoms with Gasteiger partial charge in [0.1, 0.15) is 18.4 Å². The second-order valence-electron chi connectivity index (χ2n) is 9.52. The minimum absolute atomic E-state index is 0.0379. The van der Waals surface area contributed by atoms with E-state index in [1.807, 2.05) is 0 Å². The summed E-state index contributed by atoms with van der Waals surface area (Å²) in [6.07, 6.45) is 8.43. The Hall–Kier alpha value is -1.81. The van der Waals surface area contributed by atoms with Gasteiger partial charge in [-0.05, 0) is 49.0 Å². The normalized spacial score (nSPS) is 27.0. The first-order valence-electron chi connectivity index (χ1n) is 12.3. The third-order valence-electron chi connectivity index (χ3n) is 7.07. The molecule has 2 N–H and O–H groups in total. The van der Waals surface area contributed by atoms with Crippen molar-refractivity contribution in [3.63, 3.8) is 0 Å². The van der Waals surface area contributed by atoms with E-state index in [1.165, 1.54) is 17.1 Å². The van der Waals surface area contributed by atoms with Crippen LogP contribution in [-0.4, -0.2) is 76.9 Å². The number of carbonyl (C=O) groups excluding carboxylic acids is 4. The van der Waals surface area contributed by atoms with Crippen molar-refractivity contribution >= 4 is 43.1 Å². The summed E-state index contributed by atoms with van der Waals surface area (Å²) in [5.41, 5.74) is 0. The van der Waals surface area contributed by atoms with Crippen LogP contribution in [0.3, 0.4) is 0 Å². The molecule has 2 heterocycles. The lowest BCUT2D eigenvalue weighted by molar-refractivity contribution is -0.138. The molecule has 1 unspecified atom stereocenters. The molecule has 3 aliphatic rings. The van der Waals surface area contributed by atoms with E-state index in [0.717, 1.165) is 38.5 Å². The summed E-state index contributed by atoms with van der Waals surface area (Å²) < 4.78 is 16.4. The van der Waals surface area contributed by atoms with E-state index in [1.54, 1.807) is 4.90 Å². The highest BCUT2D eigenvalue weighted by atomic mass is 32.7. The third kappa shape index (κ3) is 8.10. The van der Waals surface area contributed by atoms with Crippen LogP contribution in [0.5, 0.6) is 0 Å². The van der Waals surface area contributed by atoms with Crippen molar-refractivity contribution in [1.82, 2.24) is 15.1 Å². The topological polar surface area (TPSA) is 133 Å². The van der Waals surface area contributed by atoms with Crippen molar-refractivity contribution in [1.29, 1.82) is 0 Å². The SMILES string of the molecule is O=C(NCCCCCC(=O)N1C[C@H](O[P+](=O)S)C[C@H]1CO)C1CCC(CN2C(=O)C=CC2=O)CC1. The van der Waals surface area contributed by atoms with E-state index in [4.69, 9.17) is 4.52 Å². The Kier molecular flexibility index (Phi) is 10.7. The van der Waals surface area contributed by atoms with E-state index in [0.29, 0.717) is 38.9 Å². The molecule has 0 aromatic heterocycles. The fourth-order valence-electron chi connectivity index (χ4n) is 5.11. The van der Waals surface area contributed by atoms with Crippen molar-refractivity contribution in [2.45, 2.75) is 69.9 Å². The van der Waals surface area contributed by atoms with Crippen LogP contribution in [0.4, 0.5) is 0 Å². The molecule has 0 aromatic rings. The molecular formula is C23H35N3O7PS+. The van der Waals surface area contributed by atoms with Gasteiger partial charge in [0.25, 0.3) is 11.8 Å². The molecule has 3 rings (SSSR count). The number of aliphatic hydroxyl groups is 1. The molecule has 194 valence electrons. The zero-order valence-electron chi connectivity index (χ0n) is 19.8. The summed E-state index contributed by atoms with van der Waals surface area (Å²) in [5.74, 6) is -0.314. The van der Waals surface area contributed by atoms with Crippen LogP contribution < -0.4 is 5.32 Å². The zero-order chi connectivity index (χ0) is 25.4. The third-order valence-corrected chi connectivity index (χ3v) is 7.83. The van der Waals surface area contributed by atoms with Gasteiger partial charge < -0.3 is 15.3 Å². The summed E-state index contributed by atoms with van der Waals surface area (Å²) in [6.45, 7) is 1.14. The zero-order valence-corrected chi connectivity index (χ0v) is 21.6. The Morgan fingerprint density at radius 1 is 1.11 bits per heavy atom. The lowest BCUT2D eigenvalue weighted by Gasteiger charge is -2.30. The first-order valence-corrected chi connectivity index (χ1v) is 14.7. The summed E-state index contributed by atoms with van der Waals surface area (Å²) in [4.78, 5) is 51.3. The summed E-state index contributed by atoms with van der Waals surface area (Å²) >= 11 is 3.75. The lowest BCUT2D eigenvalue weighted by Crippen LogP contribution is -2.38. The molecule has 2 aliphatic heterocycles. The number of carbonyl (C=O) groups is 4. The number of rotatable bonds is 12. The Balaban J connectivity index is 1.25. The number of imide groups is 1. The molecule has 1 saturated carbocycles. The Bertz CT molecular complexity index is 829. The molecule has 35 heavy (non-hydrogen) atoms. The number of unbranched alkanes of at least 4 members (excludes halogenated alkanes) is 2. The summed E-state index contributed by atoms with van der Waals surface area (Å²) in [7, 11) is -2.05. The van der Waals surface area contributed by atoms with Gasteiger partial charge >= 0.3 is 7.23 Å². The van der Waals surface area contributed by atoms with Crippen molar-refractivity contribution in [3.05, 3.63) is 12.2 Å². The maximum Gasteiger partial charge on any atom is 0.582 e. The van der Waals surface area contributed by atoms with Gasteiger partial charge in [0.2, 0.25) is 11.8 Å². The molecule has 1 saturated heterocycles. The Morgan fingerprint density at radius 3 is 2.43 bits per heavy atom. The van der Waals surface area contributed by atoms with Gasteiger partial charge in [0.15, 0.2) is 0 Å². The average Bonchev–Trinajstić information content (AvgIpc) is 3.38. The molecular weight excluding hydrogens is 493 g/mol. The number of amides is 4. The molecule has 2 fully saturated rings. The van der Waals surface area contributed by atoms with Crippen LogP contribution in [0.15, 0.2) is 12.2 Å². The molecule has 10 nitrogen and oxygen atoms in total. The van der Waals surface area contributed by atoms with Crippen molar-refractivity contribution in [3.8, 4) is 0 Å². The number of nitrogens with zero attached hydrogens (tertiary/aromatic N) is 2. The first kappa shape index (κ1) is 27.8. The van der Waals surface area contributed by atoms with Gasteiger partial charge in [-0.3, -0.25) is 24.1 Å². The predicted molar refractivity (Wildman–Crippen MR) is 131 cm³/mol. The fraction of sp³-hybridized carbons (Fsp3) is 0.739. The standard InChI is InChI=1S/C23H34N3O7PS/c27-15-18-12-19(33-34(32)35)14-25(18)20(28)4-2-1-3-11-24-23(31)17-7-5-16(6-8-17)13-26-21(29)9-10-22(26)30/h9-10,16-19,27H,1-8,11-15H2,(H-,24,31,32,35)/p+1/t16?,17?,18-,19+/m0/s1. The van der Waals surface area contributed by atoms with Crippen LogP contribution in [-0.2, 0) is 28.3 Å². The predicted octanol–water partition coefficient (Wildman–Crippen LogP) is 1.96. The highest BCUT2D eigenvalue weighted by molar-refractivity contribution is 8.39. The number of aliphatic hydroxyl groups excluding tert-OH is 1. The van der Waals surface area contributed by atoms with Gasteiger partial charge in [-0.25, -0.2) is 0 Å². The Morgan fingerprint density at radius 2 is 1.80 bits per heavy atom. The summed E-state index contributed by atoms with van der Waals surface area (Å²) in [5, 5.41) is 12.5. The van der Waals surface area contributed by atoms with Crippen LogP contribution >= 0.6 is 19.5 Å². The number of nitrogens with one attached hydrogen (secondary N) is 1. The molecule has 12 heteroatoms. The summed E-state index contributed by atoms with van der Waals surface area (Å²) in [6, 6.07) is -0.321. The molecule has 0 radical (unpaired) electrons. The number of hydrogen-bond donors (Lipinski definition) is 3. The van der Waals surface area contributed by atoms with E-state index in [-0.39, 0.29) is 54.2 Å². The number of thiol groups is 1. The second-order valence-corrected chi connectivity index (χ2v) is 11.2. The average molecular weight is 529 g/mol. The molecule has 0 spiro atoms. The monoisotopic (exact) mass is 528 g/mol. The van der Waals surface area contributed by atoms with Crippen LogP contribution in [0, 0.1) is 11.8 Å². The molecule has 4 amide bonds. The van der Waals surface area contributed by atoms with E-state index in [2.05, 4.69) is 17.6 Å². The Labute approximate surface area is 211 Å². The number of hydrogen-bond acceptors (Lipinski definition) is 7. The van der Waals surface area contributed by atoms with Crippen molar-refractivity contribution < 1.29 is 33.4 Å². The minimum Gasteiger partial charge on any atom is -0.394 e. The highest BCUT2D eigenvalue weighted by Crippen LogP contribution is 2.34. The largest absolute Gasteiger partial charge is 0.582 e. The first-order chi connectivity index (χ1) is 16.8. The van der Waals surface area contributed by atoms with Crippen LogP contribution in [0.1, 0.15) is 57.8 Å². The second kappa shape index (κ2) is 13.5. The minimum atomic E-state index is -2.05. The van der Waals surface area contributed by atoms with Gasteiger partial charge in [0, 0.05) is 44.0 Å². The highest BCUT2D eigenvalue weighted by Gasteiger charge is 2.38. The van der Waals surface area contributed by atoms with Gasteiger partial charge in [-0.15, -0.1) is 4.52 Å². The fourth-order valence-corrected chi connectivity index (χ4v) is 5.92. The van der Waals surface area contributed by atoms with Crippen LogP contribution in [0.2, 0.25) is 0 Å². The maximum absolute atomic E-state index is 12.5. The molecule has 1 aliphatic carbocycles.